The van der Waals surface area contributed by atoms with Gasteiger partial charge in [-0.1, -0.05) is 23.7 Å². The molecule has 0 aliphatic carbocycles. The molecule has 2 aromatic carbocycles. The molecule has 1 unspecified atom stereocenters. The second-order valence-corrected chi connectivity index (χ2v) is 6.46. The summed E-state index contributed by atoms with van der Waals surface area (Å²) >= 11 is 5.88. The van der Waals surface area contributed by atoms with Gasteiger partial charge in [0.25, 0.3) is 5.91 Å². The van der Waals surface area contributed by atoms with E-state index in [0.717, 1.165) is 11.3 Å². The standard InChI is InChI=1S/C19H18ClFN2O3/c20-14-3-7-16(8-4-14)23-11-17(26-12-19(23)25)10-22-18(24)9-13-1-5-15(21)6-2-13/h1-8,17H,9-12H2,(H,22,24). The van der Waals surface area contributed by atoms with Crippen molar-refractivity contribution in [2.45, 2.75) is 12.5 Å². The molecule has 2 aromatic rings. The van der Waals surface area contributed by atoms with Crippen LogP contribution in [0, 0.1) is 5.82 Å². The van der Waals surface area contributed by atoms with Crippen LogP contribution in [0.2, 0.25) is 5.02 Å². The number of ether oxygens (including phenoxy) is 1. The maximum absolute atomic E-state index is 12.9. The van der Waals surface area contributed by atoms with Crippen LogP contribution in [0.25, 0.3) is 0 Å². The maximum atomic E-state index is 12.9. The molecule has 1 aliphatic rings. The SMILES string of the molecule is O=C(Cc1ccc(F)cc1)NCC1CN(c2ccc(Cl)cc2)C(=O)CO1. The van der Waals surface area contributed by atoms with E-state index in [1.807, 2.05) is 0 Å². The van der Waals surface area contributed by atoms with E-state index >= 15 is 0 Å². The van der Waals surface area contributed by atoms with Gasteiger partial charge in [0, 0.05) is 17.3 Å². The van der Waals surface area contributed by atoms with Gasteiger partial charge >= 0.3 is 0 Å². The minimum absolute atomic E-state index is 0.0405. The van der Waals surface area contributed by atoms with Crippen molar-refractivity contribution in [3.8, 4) is 0 Å². The second kappa shape index (κ2) is 8.29. The molecule has 2 amide bonds. The van der Waals surface area contributed by atoms with Crippen molar-refractivity contribution in [2.24, 2.45) is 0 Å². The quantitative estimate of drug-likeness (QED) is 0.872. The molecule has 0 saturated carbocycles. The summed E-state index contributed by atoms with van der Waals surface area (Å²) in [6.45, 7) is 0.593. The molecular weight excluding hydrogens is 359 g/mol. The Morgan fingerprint density at radius 3 is 2.58 bits per heavy atom. The van der Waals surface area contributed by atoms with Gasteiger partial charge in [-0.2, -0.15) is 0 Å². The lowest BCUT2D eigenvalue weighted by molar-refractivity contribution is -0.129. The maximum Gasteiger partial charge on any atom is 0.253 e. The van der Waals surface area contributed by atoms with Crippen LogP contribution in [0.1, 0.15) is 5.56 Å². The van der Waals surface area contributed by atoms with Gasteiger partial charge in [-0.25, -0.2) is 4.39 Å². The molecule has 0 spiro atoms. The monoisotopic (exact) mass is 376 g/mol. The summed E-state index contributed by atoms with van der Waals surface area (Å²) in [4.78, 5) is 25.7. The Kier molecular flexibility index (Phi) is 5.85. The van der Waals surface area contributed by atoms with Crippen molar-refractivity contribution in [1.29, 1.82) is 0 Å². The minimum Gasteiger partial charge on any atom is -0.365 e. The van der Waals surface area contributed by atoms with E-state index < -0.39 is 0 Å². The lowest BCUT2D eigenvalue weighted by Crippen LogP contribution is -2.50. The van der Waals surface area contributed by atoms with E-state index in [1.165, 1.54) is 12.1 Å². The number of rotatable bonds is 5. The normalized spacial score (nSPS) is 17.2. The number of carbonyl (C=O) groups excluding carboxylic acids is 2. The van der Waals surface area contributed by atoms with E-state index in [2.05, 4.69) is 5.32 Å². The summed E-state index contributed by atoms with van der Waals surface area (Å²) in [6, 6.07) is 12.8. The third-order valence-corrected chi connectivity index (χ3v) is 4.32. The van der Waals surface area contributed by atoms with Crippen LogP contribution >= 0.6 is 11.6 Å². The second-order valence-electron chi connectivity index (χ2n) is 6.02. The molecular formula is C19H18ClFN2O3. The Labute approximate surface area is 155 Å². The first-order chi connectivity index (χ1) is 12.5. The lowest BCUT2D eigenvalue weighted by atomic mass is 10.1. The highest BCUT2D eigenvalue weighted by Crippen LogP contribution is 2.21. The fraction of sp³-hybridized carbons (Fsp3) is 0.263. The molecule has 5 nitrogen and oxygen atoms in total. The average molecular weight is 377 g/mol. The van der Waals surface area contributed by atoms with E-state index in [-0.39, 0.29) is 43.3 Å². The predicted octanol–water partition coefficient (Wildman–Crippen LogP) is 2.57. The number of carbonyl (C=O) groups is 2. The highest BCUT2D eigenvalue weighted by Gasteiger charge is 2.27. The number of anilines is 1. The molecule has 3 rings (SSSR count). The summed E-state index contributed by atoms with van der Waals surface area (Å²) in [5, 5.41) is 3.39. The summed E-state index contributed by atoms with van der Waals surface area (Å²) < 4.78 is 18.4. The smallest absolute Gasteiger partial charge is 0.253 e. The Hall–Kier alpha value is -2.44. The van der Waals surface area contributed by atoms with Crippen LogP contribution in [0.3, 0.4) is 0 Å². The molecule has 1 N–H and O–H groups in total. The molecule has 1 saturated heterocycles. The van der Waals surface area contributed by atoms with Crippen molar-refractivity contribution in [3.05, 3.63) is 64.9 Å². The van der Waals surface area contributed by atoms with Crippen molar-refractivity contribution < 1.29 is 18.7 Å². The van der Waals surface area contributed by atoms with Crippen molar-refractivity contribution in [2.75, 3.05) is 24.6 Å². The Morgan fingerprint density at radius 2 is 1.88 bits per heavy atom. The van der Waals surface area contributed by atoms with Gasteiger partial charge in [0.15, 0.2) is 0 Å². The third-order valence-electron chi connectivity index (χ3n) is 4.07. The Balaban J connectivity index is 1.53. The van der Waals surface area contributed by atoms with Gasteiger partial charge < -0.3 is 15.0 Å². The first kappa shape index (κ1) is 18.4. The first-order valence-corrected chi connectivity index (χ1v) is 8.58. The molecule has 1 heterocycles. The summed E-state index contributed by atoms with van der Waals surface area (Å²) in [6.07, 6.45) is -0.145. The van der Waals surface area contributed by atoms with Crippen LogP contribution in [0.5, 0.6) is 0 Å². The summed E-state index contributed by atoms with van der Waals surface area (Å²) in [5.74, 6) is -0.659. The zero-order valence-electron chi connectivity index (χ0n) is 14.0. The third kappa shape index (κ3) is 4.80. The van der Waals surface area contributed by atoms with Crippen LogP contribution < -0.4 is 10.2 Å². The zero-order valence-corrected chi connectivity index (χ0v) is 14.7. The lowest BCUT2D eigenvalue weighted by Gasteiger charge is -2.32. The number of morpholine rings is 1. The van der Waals surface area contributed by atoms with Gasteiger partial charge in [-0.05, 0) is 42.0 Å². The van der Waals surface area contributed by atoms with Gasteiger partial charge in [-0.3, -0.25) is 9.59 Å². The van der Waals surface area contributed by atoms with Crippen LogP contribution in [0.15, 0.2) is 48.5 Å². The van der Waals surface area contributed by atoms with Gasteiger partial charge in [0.2, 0.25) is 5.91 Å². The average Bonchev–Trinajstić information content (AvgIpc) is 2.64. The van der Waals surface area contributed by atoms with E-state index in [9.17, 15) is 14.0 Å². The molecule has 0 radical (unpaired) electrons. The Bertz CT molecular complexity index is 780. The minimum atomic E-state index is -0.336. The molecule has 1 aliphatic heterocycles. The van der Waals surface area contributed by atoms with E-state index in [4.69, 9.17) is 16.3 Å². The fourth-order valence-corrected chi connectivity index (χ4v) is 2.82. The Morgan fingerprint density at radius 1 is 1.19 bits per heavy atom. The molecule has 0 bridgehead atoms. The largest absolute Gasteiger partial charge is 0.365 e. The molecule has 1 atom stereocenters. The molecule has 1 fully saturated rings. The van der Waals surface area contributed by atoms with Crippen LogP contribution in [-0.4, -0.2) is 37.6 Å². The summed E-state index contributed by atoms with van der Waals surface area (Å²) in [7, 11) is 0. The first-order valence-electron chi connectivity index (χ1n) is 8.20. The van der Waals surface area contributed by atoms with Crippen molar-refractivity contribution >= 4 is 29.1 Å². The van der Waals surface area contributed by atoms with E-state index in [1.54, 1.807) is 41.3 Å². The number of nitrogens with one attached hydrogen (secondary N) is 1. The molecule has 0 aromatic heterocycles. The number of halogens is 2. The van der Waals surface area contributed by atoms with Crippen molar-refractivity contribution in [1.82, 2.24) is 5.32 Å². The number of nitrogens with zero attached hydrogens (tertiary/aromatic N) is 1. The van der Waals surface area contributed by atoms with Gasteiger partial charge in [-0.15, -0.1) is 0 Å². The number of amides is 2. The highest BCUT2D eigenvalue weighted by atomic mass is 35.5. The number of benzene rings is 2. The van der Waals surface area contributed by atoms with Crippen LogP contribution in [0.4, 0.5) is 10.1 Å². The molecule has 136 valence electrons. The van der Waals surface area contributed by atoms with Crippen molar-refractivity contribution in [3.63, 3.8) is 0 Å². The van der Waals surface area contributed by atoms with Gasteiger partial charge in [0.05, 0.1) is 19.1 Å². The molecule has 7 heteroatoms. The predicted molar refractivity (Wildman–Crippen MR) is 96.7 cm³/mol. The van der Waals surface area contributed by atoms with E-state index in [0.29, 0.717) is 11.6 Å². The molecule has 26 heavy (non-hydrogen) atoms. The summed E-state index contributed by atoms with van der Waals surface area (Å²) in [5.41, 5.74) is 1.47. The van der Waals surface area contributed by atoms with Gasteiger partial charge in [0.1, 0.15) is 12.4 Å². The number of hydrogen-bond acceptors (Lipinski definition) is 3. The topological polar surface area (TPSA) is 58.6 Å². The number of hydrogen-bond donors (Lipinski definition) is 1. The van der Waals surface area contributed by atoms with Crippen LogP contribution in [-0.2, 0) is 20.7 Å². The fourth-order valence-electron chi connectivity index (χ4n) is 2.70. The zero-order chi connectivity index (χ0) is 18.5. The highest BCUT2D eigenvalue weighted by molar-refractivity contribution is 6.30.